The van der Waals surface area contributed by atoms with E-state index in [4.69, 9.17) is 4.42 Å². The van der Waals surface area contributed by atoms with Crippen LogP contribution in [0.4, 0.5) is 0 Å². The molecule has 5 nitrogen and oxygen atoms in total. The molecule has 0 unspecified atom stereocenters. The molecule has 2 heterocycles. The maximum Gasteiger partial charge on any atom is 0.268 e. The molecular weight excluding hydrogens is 204 g/mol. The van der Waals surface area contributed by atoms with Crippen molar-refractivity contribution in [1.82, 2.24) is 20.0 Å². The number of hydrogen-bond donors (Lipinski definition) is 0. The molecule has 0 aliphatic rings. The van der Waals surface area contributed by atoms with E-state index in [0.717, 1.165) is 29.9 Å². The van der Waals surface area contributed by atoms with Gasteiger partial charge in [-0.05, 0) is 20.8 Å². The van der Waals surface area contributed by atoms with Crippen molar-refractivity contribution in [3.63, 3.8) is 0 Å². The Hall–Kier alpha value is -1.65. The molecular formula is C11H16N4O. The van der Waals surface area contributed by atoms with E-state index in [1.54, 1.807) is 0 Å². The van der Waals surface area contributed by atoms with Gasteiger partial charge in [-0.3, -0.25) is 4.68 Å². The molecule has 16 heavy (non-hydrogen) atoms. The molecule has 0 spiro atoms. The number of aryl methyl sites for hydroxylation is 2. The van der Waals surface area contributed by atoms with Gasteiger partial charge in [0.2, 0.25) is 5.89 Å². The first-order valence-corrected chi connectivity index (χ1v) is 5.54. The van der Waals surface area contributed by atoms with Crippen molar-refractivity contribution in [3.8, 4) is 11.6 Å². The predicted molar refractivity (Wildman–Crippen MR) is 60.0 cm³/mol. The third-order valence-electron chi connectivity index (χ3n) is 2.78. The Balaban J connectivity index is 2.47. The first kappa shape index (κ1) is 10.9. The summed E-state index contributed by atoms with van der Waals surface area (Å²) in [6.45, 7) is 8.97. The van der Waals surface area contributed by atoms with Gasteiger partial charge in [0.15, 0.2) is 5.69 Å². The predicted octanol–water partition coefficient (Wildman–Crippen LogP) is 2.13. The second-order valence-electron chi connectivity index (χ2n) is 3.73. The molecule has 0 fully saturated rings. The van der Waals surface area contributed by atoms with Gasteiger partial charge in [-0.2, -0.15) is 5.10 Å². The van der Waals surface area contributed by atoms with Crippen LogP contribution in [0, 0.1) is 13.8 Å². The van der Waals surface area contributed by atoms with Gasteiger partial charge in [0.05, 0.1) is 0 Å². The molecule has 0 saturated carbocycles. The van der Waals surface area contributed by atoms with Crippen LogP contribution in [0.2, 0.25) is 0 Å². The van der Waals surface area contributed by atoms with Gasteiger partial charge in [0.25, 0.3) is 5.89 Å². The Morgan fingerprint density at radius 1 is 1.19 bits per heavy atom. The highest BCUT2D eigenvalue weighted by molar-refractivity contribution is 5.53. The Morgan fingerprint density at radius 2 is 1.94 bits per heavy atom. The van der Waals surface area contributed by atoms with Gasteiger partial charge in [0.1, 0.15) is 0 Å². The highest BCUT2D eigenvalue weighted by atomic mass is 16.4. The van der Waals surface area contributed by atoms with Crippen LogP contribution >= 0.6 is 0 Å². The minimum absolute atomic E-state index is 0.518. The Morgan fingerprint density at radius 3 is 2.44 bits per heavy atom. The lowest BCUT2D eigenvalue weighted by Crippen LogP contribution is -1.98. The number of aromatic nitrogens is 4. The van der Waals surface area contributed by atoms with Gasteiger partial charge in [-0.25, -0.2) is 0 Å². The van der Waals surface area contributed by atoms with Gasteiger partial charge in [0, 0.05) is 24.2 Å². The molecule has 0 saturated heterocycles. The molecule has 0 atom stereocenters. The molecule has 0 N–H and O–H groups in total. The SMILES string of the molecule is CCc1nnc(-c2nn(CC)c(C)c2C)o1. The van der Waals surface area contributed by atoms with Crippen molar-refractivity contribution in [3.05, 3.63) is 17.1 Å². The molecule has 0 aliphatic heterocycles. The lowest BCUT2D eigenvalue weighted by Gasteiger charge is -1.96. The van der Waals surface area contributed by atoms with E-state index in [1.807, 2.05) is 25.5 Å². The lowest BCUT2D eigenvalue weighted by atomic mass is 10.2. The number of rotatable bonds is 3. The minimum Gasteiger partial charge on any atom is -0.419 e. The zero-order valence-corrected chi connectivity index (χ0v) is 10.1. The van der Waals surface area contributed by atoms with E-state index >= 15 is 0 Å². The quantitative estimate of drug-likeness (QED) is 0.795. The number of hydrogen-bond acceptors (Lipinski definition) is 4. The summed E-state index contributed by atoms with van der Waals surface area (Å²) in [6, 6.07) is 0. The Kier molecular flexibility index (Phi) is 2.77. The molecule has 0 bridgehead atoms. The van der Waals surface area contributed by atoms with Crippen molar-refractivity contribution in [2.24, 2.45) is 0 Å². The molecule has 0 aliphatic carbocycles. The fourth-order valence-corrected chi connectivity index (χ4v) is 1.64. The van der Waals surface area contributed by atoms with E-state index in [1.165, 1.54) is 0 Å². The molecule has 2 aromatic rings. The highest BCUT2D eigenvalue weighted by Crippen LogP contribution is 2.23. The summed E-state index contributed by atoms with van der Waals surface area (Å²) in [7, 11) is 0. The number of nitrogens with zero attached hydrogens (tertiary/aromatic N) is 4. The van der Waals surface area contributed by atoms with Crippen LogP contribution in [0.25, 0.3) is 11.6 Å². The van der Waals surface area contributed by atoms with Crippen LogP contribution in [0.15, 0.2) is 4.42 Å². The Bertz CT molecular complexity index is 498. The van der Waals surface area contributed by atoms with Crippen LogP contribution in [0.5, 0.6) is 0 Å². The van der Waals surface area contributed by atoms with Crippen molar-refractivity contribution in [2.45, 2.75) is 40.7 Å². The van der Waals surface area contributed by atoms with Gasteiger partial charge >= 0.3 is 0 Å². The van der Waals surface area contributed by atoms with Gasteiger partial charge in [-0.15, -0.1) is 10.2 Å². The molecule has 5 heteroatoms. The van der Waals surface area contributed by atoms with Crippen molar-refractivity contribution in [2.75, 3.05) is 0 Å². The lowest BCUT2D eigenvalue weighted by molar-refractivity contribution is 0.509. The standard InChI is InChI=1S/C11H16N4O/c1-5-9-12-13-11(16-9)10-7(3)8(4)15(6-2)14-10/h5-6H2,1-4H3. The molecule has 2 rings (SSSR count). The average molecular weight is 220 g/mol. The Labute approximate surface area is 94.5 Å². The van der Waals surface area contributed by atoms with Crippen molar-refractivity contribution < 1.29 is 4.42 Å². The third-order valence-corrected chi connectivity index (χ3v) is 2.78. The van der Waals surface area contributed by atoms with E-state index < -0.39 is 0 Å². The van der Waals surface area contributed by atoms with Gasteiger partial charge < -0.3 is 4.42 Å². The molecule has 0 radical (unpaired) electrons. The topological polar surface area (TPSA) is 56.7 Å². The van der Waals surface area contributed by atoms with Crippen LogP contribution in [-0.2, 0) is 13.0 Å². The van der Waals surface area contributed by atoms with Crippen LogP contribution in [0.3, 0.4) is 0 Å². The largest absolute Gasteiger partial charge is 0.419 e. The minimum atomic E-state index is 0.518. The smallest absolute Gasteiger partial charge is 0.268 e. The van der Waals surface area contributed by atoms with Crippen LogP contribution in [-0.4, -0.2) is 20.0 Å². The maximum absolute atomic E-state index is 5.51. The van der Waals surface area contributed by atoms with E-state index in [0.29, 0.717) is 11.8 Å². The summed E-state index contributed by atoms with van der Waals surface area (Å²) in [5.74, 6) is 1.17. The summed E-state index contributed by atoms with van der Waals surface area (Å²) >= 11 is 0. The normalized spacial score (nSPS) is 11.0. The first-order valence-electron chi connectivity index (χ1n) is 5.54. The highest BCUT2D eigenvalue weighted by Gasteiger charge is 2.17. The first-order chi connectivity index (χ1) is 7.67. The van der Waals surface area contributed by atoms with Crippen molar-refractivity contribution in [1.29, 1.82) is 0 Å². The summed E-state index contributed by atoms with van der Waals surface area (Å²) in [6.07, 6.45) is 0.750. The maximum atomic E-state index is 5.51. The van der Waals surface area contributed by atoms with E-state index in [-0.39, 0.29) is 0 Å². The molecule has 0 amide bonds. The van der Waals surface area contributed by atoms with Gasteiger partial charge in [-0.1, -0.05) is 6.92 Å². The summed E-state index contributed by atoms with van der Waals surface area (Å²) in [5, 5.41) is 12.4. The van der Waals surface area contributed by atoms with Crippen molar-refractivity contribution >= 4 is 0 Å². The fourth-order valence-electron chi connectivity index (χ4n) is 1.64. The van der Waals surface area contributed by atoms with E-state index in [2.05, 4.69) is 22.2 Å². The third kappa shape index (κ3) is 1.62. The molecule has 86 valence electrons. The second kappa shape index (κ2) is 4.08. The summed E-state index contributed by atoms with van der Waals surface area (Å²) in [4.78, 5) is 0. The molecule has 2 aromatic heterocycles. The second-order valence-corrected chi connectivity index (χ2v) is 3.73. The monoisotopic (exact) mass is 220 g/mol. The zero-order valence-electron chi connectivity index (χ0n) is 10.1. The average Bonchev–Trinajstić information content (AvgIpc) is 2.86. The fraction of sp³-hybridized carbons (Fsp3) is 0.545. The van der Waals surface area contributed by atoms with E-state index in [9.17, 15) is 0 Å². The summed E-state index contributed by atoms with van der Waals surface area (Å²) < 4.78 is 7.46. The van der Waals surface area contributed by atoms with Crippen LogP contribution < -0.4 is 0 Å². The summed E-state index contributed by atoms with van der Waals surface area (Å²) in [5.41, 5.74) is 3.05. The zero-order chi connectivity index (χ0) is 11.7. The molecule has 0 aromatic carbocycles. The van der Waals surface area contributed by atoms with Crippen LogP contribution in [0.1, 0.15) is 31.0 Å².